The maximum atomic E-state index is 13.6. The van der Waals surface area contributed by atoms with E-state index in [-0.39, 0.29) is 12.3 Å². The largest absolute Gasteiger partial charge is 0.494 e. The fraction of sp³-hybridized carbons (Fsp3) is 0.636. The number of nitrogens with zero attached hydrogens (tertiary/aromatic N) is 2. The van der Waals surface area contributed by atoms with Crippen molar-refractivity contribution in [2.24, 2.45) is 16.2 Å². The maximum Gasteiger partial charge on any atom is 0.311 e. The summed E-state index contributed by atoms with van der Waals surface area (Å²) in [5, 5.41) is 3.40. The van der Waals surface area contributed by atoms with Crippen LogP contribution in [0.5, 0.6) is 5.75 Å². The molecular formula is C22H29N3O4S2. The molecule has 4 aliphatic carbocycles. The fourth-order valence-electron chi connectivity index (χ4n) is 6.52. The summed E-state index contributed by atoms with van der Waals surface area (Å²) in [5.41, 5.74) is -0.185. The van der Waals surface area contributed by atoms with Crippen molar-refractivity contribution in [2.75, 3.05) is 13.7 Å². The van der Waals surface area contributed by atoms with Gasteiger partial charge in [0.25, 0.3) is 0 Å². The minimum Gasteiger partial charge on any atom is -0.494 e. The van der Waals surface area contributed by atoms with Crippen molar-refractivity contribution in [1.82, 2.24) is 10.2 Å². The van der Waals surface area contributed by atoms with Gasteiger partial charge in [0.1, 0.15) is 5.75 Å². The highest BCUT2D eigenvalue weighted by Crippen LogP contribution is 2.61. The smallest absolute Gasteiger partial charge is 0.311 e. The predicted octanol–water partition coefficient (Wildman–Crippen LogP) is 3.11. The number of carbonyl (C=O) groups is 1. The van der Waals surface area contributed by atoms with Gasteiger partial charge in [0.15, 0.2) is 5.11 Å². The monoisotopic (exact) mass is 463 g/mol. The van der Waals surface area contributed by atoms with Crippen molar-refractivity contribution in [2.45, 2.75) is 62.9 Å². The second kappa shape index (κ2) is 8.50. The second-order valence-corrected chi connectivity index (χ2v) is 10.3. The van der Waals surface area contributed by atoms with Gasteiger partial charge in [-0.2, -0.15) is 12.8 Å². The number of rotatable bonds is 6. The molecule has 7 nitrogen and oxygen atoms in total. The SMILES string of the molecule is CCOc1ccc(CC(=O)N(C(=S)NC)C23CC4CC(CC(N=S(=O)=O)(C4)C2)C3)cc1. The average molecular weight is 464 g/mol. The number of ether oxygens (including phenoxy) is 1. The van der Waals surface area contributed by atoms with Crippen molar-refractivity contribution in [1.29, 1.82) is 0 Å². The quantitative estimate of drug-likeness (QED) is 0.652. The third-order valence-electron chi connectivity index (χ3n) is 7.00. The van der Waals surface area contributed by atoms with Crippen LogP contribution in [0.3, 0.4) is 0 Å². The Morgan fingerprint density at radius 2 is 1.87 bits per heavy atom. The molecule has 1 N–H and O–H groups in total. The van der Waals surface area contributed by atoms with E-state index in [2.05, 4.69) is 9.68 Å². The molecule has 9 heteroatoms. The zero-order valence-corrected chi connectivity index (χ0v) is 19.6. The molecule has 2 unspecified atom stereocenters. The molecule has 2 atom stereocenters. The van der Waals surface area contributed by atoms with Gasteiger partial charge >= 0.3 is 10.5 Å². The van der Waals surface area contributed by atoms with Crippen LogP contribution < -0.4 is 10.1 Å². The van der Waals surface area contributed by atoms with E-state index in [1.165, 1.54) is 0 Å². The van der Waals surface area contributed by atoms with Gasteiger partial charge in [0, 0.05) is 7.05 Å². The molecule has 4 bridgehead atoms. The molecule has 0 radical (unpaired) electrons. The van der Waals surface area contributed by atoms with Gasteiger partial charge < -0.3 is 10.1 Å². The fourth-order valence-corrected chi connectivity index (χ4v) is 7.35. The minimum atomic E-state index is -2.46. The highest BCUT2D eigenvalue weighted by molar-refractivity contribution is 7.80. The molecule has 0 spiro atoms. The molecule has 5 rings (SSSR count). The van der Waals surface area contributed by atoms with E-state index in [1.807, 2.05) is 31.2 Å². The summed E-state index contributed by atoms with van der Waals surface area (Å²) < 4.78 is 32.6. The van der Waals surface area contributed by atoms with E-state index in [0.29, 0.717) is 30.0 Å². The zero-order chi connectivity index (χ0) is 22.2. The number of amides is 1. The molecule has 31 heavy (non-hydrogen) atoms. The van der Waals surface area contributed by atoms with Gasteiger partial charge in [-0.15, -0.1) is 0 Å². The first-order valence-electron chi connectivity index (χ1n) is 10.9. The molecule has 0 saturated heterocycles. The molecule has 1 aromatic carbocycles. The summed E-state index contributed by atoms with van der Waals surface area (Å²) in [5.74, 6) is 1.45. The highest BCUT2D eigenvalue weighted by Gasteiger charge is 2.61. The molecule has 4 aliphatic rings. The Kier molecular flexibility index (Phi) is 6.09. The Hall–Kier alpha value is -2.00. The van der Waals surface area contributed by atoms with Crippen LogP contribution in [0.15, 0.2) is 28.6 Å². The second-order valence-electron chi connectivity index (χ2n) is 9.26. The average Bonchev–Trinajstić information content (AvgIpc) is 2.67. The van der Waals surface area contributed by atoms with Gasteiger partial charge in [-0.3, -0.25) is 9.69 Å². The number of thiocarbonyl (C=S) groups is 1. The molecule has 4 saturated carbocycles. The van der Waals surface area contributed by atoms with Crippen molar-refractivity contribution in [3.63, 3.8) is 0 Å². The van der Waals surface area contributed by atoms with Gasteiger partial charge in [-0.05, 0) is 87.2 Å². The molecule has 0 aliphatic heterocycles. The zero-order valence-electron chi connectivity index (χ0n) is 18.0. The van der Waals surface area contributed by atoms with Crippen LogP contribution in [0.25, 0.3) is 0 Å². The molecular weight excluding hydrogens is 434 g/mol. The molecule has 0 heterocycles. The summed E-state index contributed by atoms with van der Waals surface area (Å²) in [6.45, 7) is 2.52. The van der Waals surface area contributed by atoms with Gasteiger partial charge in [-0.25, -0.2) is 0 Å². The van der Waals surface area contributed by atoms with Crippen molar-refractivity contribution >= 4 is 33.7 Å². The van der Waals surface area contributed by atoms with E-state index in [4.69, 9.17) is 17.0 Å². The Labute approximate surface area is 190 Å². The lowest BCUT2D eigenvalue weighted by Gasteiger charge is -2.62. The van der Waals surface area contributed by atoms with E-state index in [1.54, 1.807) is 11.9 Å². The summed E-state index contributed by atoms with van der Waals surface area (Å²) in [6, 6.07) is 7.55. The molecule has 1 aromatic rings. The number of hydrogen-bond acceptors (Lipinski definition) is 6. The first-order chi connectivity index (χ1) is 14.8. The van der Waals surface area contributed by atoms with E-state index < -0.39 is 21.6 Å². The van der Waals surface area contributed by atoms with Crippen LogP contribution in [0.1, 0.15) is 51.0 Å². The van der Waals surface area contributed by atoms with Crippen LogP contribution >= 0.6 is 12.2 Å². The van der Waals surface area contributed by atoms with Gasteiger partial charge in [0.05, 0.1) is 24.1 Å². The van der Waals surface area contributed by atoms with Crippen molar-refractivity contribution in [3.05, 3.63) is 29.8 Å². The van der Waals surface area contributed by atoms with Crippen LogP contribution in [0.2, 0.25) is 0 Å². The summed E-state index contributed by atoms with van der Waals surface area (Å²) in [7, 11) is -0.728. The molecule has 0 aromatic heterocycles. The lowest BCUT2D eigenvalue weighted by atomic mass is 9.49. The van der Waals surface area contributed by atoms with E-state index in [9.17, 15) is 13.2 Å². The lowest BCUT2D eigenvalue weighted by Crippen LogP contribution is -2.68. The van der Waals surface area contributed by atoms with E-state index in [0.717, 1.165) is 43.4 Å². The Morgan fingerprint density at radius 3 is 2.42 bits per heavy atom. The summed E-state index contributed by atoms with van der Waals surface area (Å²) in [6.07, 6.45) is 5.13. The third kappa shape index (κ3) is 4.35. The number of carbonyl (C=O) groups excluding carboxylic acids is 1. The summed E-state index contributed by atoms with van der Waals surface area (Å²) in [4.78, 5) is 15.3. The molecule has 4 fully saturated rings. The van der Waals surface area contributed by atoms with Gasteiger partial charge in [0.2, 0.25) is 5.91 Å². The lowest BCUT2D eigenvalue weighted by molar-refractivity contribution is -0.141. The minimum absolute atomic E-state index is 0.0659. The van der Waals surface area contributed by atoms with Crippen LogP contribution in [-0.4, -0.2) is 49.1 Å². The summed E-state index contributed by atoms with van der Waals surface area (Å²) >= 11 is 5.61. The van der Waals surface area contributed by atoms with Gasteiger partial charge in [-0.1, -0.05) is 12.1 Å². The van der Waals surface area contributed by atoms with Crippen LogP contribution in [0.4, 0.5) is 0 Å². The third-order valence-corrected chi connectivity index (χ3v) is 7.92. The Balaban J connectivity index is 1.64. The molecule has 1 amide bonds. The standard InChI is InChI=1S/C22H29N3O4S2/c1-3-29-18-6-4-15(5-7-18)9-19(26)25(20(30)23-2)22-12-16-8-17(13-22)11-21(10-16,14-22)24-31(27)28/h4-7,16-17H,3,8-14H2,1-2H3,(H,23,30). The highest BCUT2D eigenvalue weighted by atomic mass is 32.2. The van der Waals surface area contributed by atoms with Crippen LogP contribution in [-0.2, 0) is 21.7 Å². The van der Waals surface area contributed by atoms with E-state index >= 15 is 0 Å². The van der Waals surface area contributed by atoms with Crippen molar-refractivity contribution in [3.8, 4) is 5.75 Å². The number of benzene rings is 1. The Morgan fingerprint density at radius 1 is 1.23 bits per heavy atom. The predicted molar refractivity (Wildman–Crippen MR) is 121 cm³/mol. The maximum absolute atomic E-state index is 13.6. The number of nitrogens with one attached hydrogen (secondary N) is 1. The van der Waals surface area contributed by atoms with Crippen LogP contribution in [0, 0.1) is 11.8 Å². The first-order valence-corrected chi connectivity index (χ1v) is 12.3. The number of hydrogen-bond donors (Lipinski definition) is 1. The topological polar surface area (TPSA) is 88.1 Å². The normalized spacial score (nSPS) is 30.5. The first kappa shape index (κ1) is 22.2. The van der Waals surface area contributed by atoms with Crippen molar-refractivity contribution < 1.29 is 17.9 Å². The molecule has 168 valence electrons. The Bertz CT molecular complexity index is 984.